The maximum absolute atomic E-state index is 11.4. The number of nitro benzene ring substituents is 1. The molecule has 0 saturated carbocycles. The molecule has 0 aromatic heterocycles. The van der Waals surface area contributed by atoms with E-state index in [1.54, 1.807) is 19.1 Å². The molecule has 6 heteroatoms. The first-order valence-corrected chi connectivity index (χ1v) is 5.59. The zero-order valence-electron chi connectivity index (χ0n) is 10.6. The van der Waals surface area contributed by atoms with E-state index in [1.807, 2.05) is 13.8 Å². The van der Waals surface area contributed by atoms with Gasteiger partial charge < -0.3 is 4.74 Å². The normalized spacial score (nSPS) is 10.2. The predicted octanol–water partition coefficient (Wildman–Crippen LogP) is 3.11. The highest BCUT2D eigenvalue weighted by atomic mass is 16.6. The third-order valence-corrected chi connectivity index (χ3v) is 2.20. The number of carbonyl (C=O) groups excluding carboxylic acids is 1. The molecule has 1 N–H and O–H groups in total. The van der Waals surface area contributed by atoms with Crippen LogP contribution in [0.5, 0.6) is 0 Å². The van der Waals surface area contributed by atoms with E-state index >= 15 is 0 Å². The Bertz CT molecular complexity index is 457. The van der Waals surface area contributed by atoms with Crippen LogP contribution in [0.2, 0.25) is 0 Å². The van der Waals surface area contributed by atoms with Gasteiger partial charge in [-0.1, -0.05) is 19.9 Å². The maximum atomic E-state index is 11.4. The van der Waals surface area contributed by atoms with Crippen molar-refractivity contribution in [3.63, 3.8) is 0 Å². The Balaban J connectivity index is 2.70. The summed E-state index contributed by atoms with van der Waals surface area (Å²) in [6, 6.07) is 4.49. The molecule has 0 aliphatic carbocycles. The molecule has 0 spiro atoms. The minimum absolute atomic E-state index is 0.0309. The van der Waals surface area contributed by atoms with E-state index in [0.29, 0.717) is 17.9 Å². The summed E-state index contributed by atoms with van der Waals surface area (Å²) in [7, 11) is 0. The highest BCUT2D eigenvalue weighted by molar-refractivity contribution is 5.85. The quantitative estimate of drug-likeness (QED) is 0.659. The van der Waals surface area contributed by atoms with E-state index in [4.69, 9.17) is 4.74 Å². The number of aryl methyl sites for hydroxylation is 1. The van der Waals surface area contributed by atoms with Crippen LogP contribution >= 0.6 is 0 Å². The number of benzene rings is 1. The lowest BCUT2D eigenvalue weighted by atomic mass is 10.2. The Morgan fingerprint density at radius 3 is 2.72 bits per heavy atom. The number of rotatable bonds is 4. The number of amides is 1. The van der Waals surface area contributed by atoms with Gasteiger partial charge in [0.05, 0.1) is 17.2 Å². The van der Waals surface area contributed by atoms with E-state index in [1.165, 1.54) is 6.07 Å². The molecule has 0 aliphatic heterocycles. The topological polar surface area (TPSA) is 81.5 Å². The van der Waals surface area contributed by atoms with Crippen molar-refractivity contribution in [1.29, 1.82) is 0 Å². The Morgan fingerprint density at radius 1 is 1.50 bits per heavy atom. The van der Waals surface area contributed by atoms with Gasteiger partial charge >= 0.3 is 6.09 Å². The van der Waals surface area contributed by atoms with Crippen LogP contribution in [0, 0.1) is 23.0 Å². The van der Waals surface area contributed by atoms with Crippen LogP contribution in [0.25, 0.3) is 0 Å². The van der Waals surface area contributed by atoms with Gasteiger partial charge in [-0.2, -0.15) is 0 Å². The van der Waals surface area contributed by atoms with Crippen LogP contribution in [0.1, 0.15) is 19.4 Å². The highest BCUT2D eigenvalue weighted by Crippen LogP contribution is 2.22. The minimum atomic E-state index is -0.609. The smallest absolute Gasteiger partial charge is 0.411 e. The van der Waals surface area contributed by atoms with Crippen LogP contribution < -0.4 is 5.32 Å². The number of nitro groups is 1. The van der Waals surface area contributed by atoms with Crippen LogP contribution in [-0.4, -0.2) is 17.6 Å². The third kappa shape index (κ3) is 4.04. The van der Waals surface area contributed by atoms with Crippen molar-refractivity contribution >= 4 is 17.5 Å². The van der Waals surface area contributed by atoms with Crippen LogP contribution in [0.3, 0.4) is 0 Å². The molecule has 1 aromatic carbocycles. The summed E-state index contributed by atoms with van der Waals surface area (Å²) < 4.78 is 4.92. The van der Waals surface area contributed by atoms with Crippen molar-refractivity contribution in [1.82, 2.24) is 0 Å². The molecule has 98 valence electrons. The Kier molecular flexibility index (Phi) is 4.65. The molecule has 0 unspecified atom stereocenters. The number of hydrogen-bond donors (Lipinski definition) is 1. The molecular weight excluding hydrogens is 236 g/mol. The first-order chi connectivity index (χ1) is 8.40. The first-order valence-electron chi connectivity index (χ1n) is 5.59. The average molecular weight is 252 g/mol. The maximum Gasteiger partial charge on any atom is 0.411 e. The fourth-order valence-electron chi connectivity index (χ4n) is 1.28. The van der Waals surface area contributed by atoms with Gasteiger partial charge in [0.25, 0.3) is 5.69 Å². The van der Waals surface area contributed by atoms with Crippen molar-refractivity contribution in [2.45, 2.75) is 20.8 Å². The molecule has 18 heavy (non-hydrogen) atoms. The standard InChI is InChI=1S/C12H16N2O4/c1-8(2)7-18-12(15)13-10-5-4-9(3)11(6-10)14(16)17/h4-6,8H,7H2,1-3H3,(H,13,15). The number of nitrogens with zero attached hydrogens (tertiary/aromatic N) is 1. The molecule has 0 saturated heterocycles. The summed E-state index contributed by atoms with van der Waals surface area (Å²) in [5, 5.41) is 13.2. The lowest BCUT2D eigenvalue weighted by molar-refractivity contribution is -0.385. The molecular formula is C12H16N2O4. The third-order valence-electron chi connectivity index (χ3n) is 2.20. The molecule has 0 aliphatic rings. The second kappa shape index (κ2) is 6.00. The van der Waals surface area contributed by atoms with Crippen LogP contribution in [-0.2, 0) is 4.74 Å². The van der Waals surface area contributed by atoms with Crippen molar-refractivity contribution in [3.8, 4) is 0 Å². The largest absolute Gasteiger partial charge is 0.449 e. The fraction of sp³-hybridized carbons (Fsp3) is 0.417. The highest BCUT2D eigenvalue weighted by Gasteiger charge is 2.12. The van der Waals surface area contributed by atoms with Gasteiger partial charge in [-0.05, 0) is 18.9 Å². The van der Waals surface area contributed by atoms with E-state index in [2.05, 4.69) is 5.32 Å². The minimum Gasteiger partial charge on any atom is -0.449 e. The molecule has 0 atom stereocenters. The molecule has 0 radical (unpaired) electrons. The van der Waals surface area contributed by atoms with Crippen molar-refractivity contribution in [3.05, 3.63) is 33.9 Å². The first kappa shape index (κ1) is 14.0. The monoisotopic (exact) mass is 252 g/mol. The second-order valence-electron chi connectivity index (χ2n) is 4.38. The van der Waals surface area contributed by atoms with Crippen LogP contribution in [0.15, 0.2) is 18.2 Å². The summed E-state index contributed by atoms with van der Waals surface area (Å²) in [4.78, 5) is 21.6. The zero-order chi connectivity index (χ0) is 13.7. The van der Waals surface area contributed by atoms with Gasteiger partial charge in [0.15, 0.2) is 0 Å². The predicted molar refractivity (Wildman–Crippen MR) is 67.6 cm³/mol. The summed E-state index contributed by atoms with van der Waals surface area (Å²) in [6.45, 7) is 5.78. The summed E-state index contributed by atoms with van der Waals surface area (Å²) in [6.07, 6.45) is -0.609. The molecule has 0 heterocycles. The lowest BCUT2D eigenvalue weighted by Crippen LogP contribution is -2.16. The van der Waals surface area contributed by atoms with Crippen molar-refractivity contribution in [2.75, 3.05) is 11.9 Å². The van der Waals surface area contributed by atoms with E-state index in [-0.39, 0.29) is 11.6 Å². The Hall–Kier alpha value is -2.11. The lowest BCUT2D eigenvalue weighted by Gasteiger charge is -2.09. The molecule has 0 bridgehead atoms. The van der Waals surface area contributed by atoms with Gasteiger partial charge in [-0.25, -0.2) is 4.79 Å². The van der Waals surface area contributed by atoms with Gasteiger partial charge in [-0.3, -0.25) is 15.4 Å². The van der Waals surface area contributed by atoms with Gasteiger partial charge in [-0.15, -0.1) is 0 Å². The van der Waals surface area contributed by atoms with E-state index < -0.39 is 11.0 Å². The number of carbonyl (C=O) groups is 1. The second-order valence-corrected chi connectivity index (χ2v) is 4.38. The van der Waals surface area contributed by atoms with Gasteiger partial charge in [0, 0.05) is 11.6 Å². The summed E-state index contributed by atoms with van der Waals surface area (Å²) in [5.74, 6) is 0.239. The van der Waals surface area contributed by atoms with Crippen molar-refractivity contribution < 1.29 is 14.5 Å². The van der Waals surface area contributed by atoms with E-state index in [9.17, 15) is 14.9 Å². The molecule has 6 nitrogen and oxygen atoms in total. The van der Waals surface area contributed by atoms with Gasteiger partial charge in [0.1, 0.15) is 0 Å². The number of nitrogens with one attached hydrogen (secondary N) is 1. The Labute approximate surface area is 105 Å². The Morgan fingerprint density at radius 2 is 2.17 bits per heavy atom. The van der Waals surface area contributed by atoms with Crippen LogP contribution in [0.4, 0.5) is 16.2 Å². The molecule has 1 aromatic rings. The average Bonchev–Trinajstić information content (AvgIpc) is 2.28. The van der Waals surface area contributed by atoms with Gasteiger partial charge in [0.2, 0.25) is 0 Å². The summed E-state index contributed by atoms with van der Waals surface area (Å²) >= 11 is 0. The number of ether oxygens (including phenoxy) is 1. The fourth-order valence-corrected chi connectivity index (χ4v) is 1.28. The molecule has 0 fully saturated rings. The molecule has 1 rings (SSSR count). The zero-order valence-corrected chi connectivity index (χ0v) is 10.6. The van der Waals surface area contributed by atoms with E-state index in [0.717, 1.165) is 0 Å². The number of anilines is 1. The van der Waals surface area contributed by atoms with Crippen molar-refractivity contribution in [2.24, 2.45) is 5.92 Å². The summed E-state index contributed by atoms with van der Waals surface area (Å²) in [5.41, 5.74) is 0.860. The molecule has 1 amide bonds. The number of hydrogen-bond acceptors (Lipinski definition) is 4. The SMILES string of the molecule is Cc1ccc(NC(=O)OCC(C)C)cc1[N+](=O)[O-].